The van der Waals surface area contributed by atoms with Crippen molar-refractivity contribution in [3.05, 3.63) is 16.1 Å². The molecule has 0 bridgehead atoms. The molecule has 3 atom stereocenters. The molecule has 2 rings (SSSR count). The number of urea groups is 1. The van der Waals surface area contributed by atoms with Gasteiger partial charge in [-0.25, -0.2) is 9.78 Å². The van der Waals surface area contributed by atoms with Crippen molar-refractivity contribution in [3.8, 4) is 0 Å². The number of nitrogens with one attached hydrogen (secondary N) is 2. The number of aryl methyl sites for hydroxylation is 1. The zero-order valence-corrected chi connectivity index (χ0v) is 12.4. The van der Waals surface area contributed by atoms with Crippen molar-refractivity contribution in [2.45, 2.75) is 45.3 Å². The molecule has 1 aromatic rings. The lowest BCUT2D eigenvalue weighted by Crippen LogP contribution is -2.45. The maximum atomic E-state index is 11.8. The first-order valence-corrected chi connectivity index (χ1v) is 7.52. The summed E-state index contributed by atoms with van der Waals surface area (Å²) < 4.78 is 5.41. The highest BCUT2D eigenvalue weighted by Crippen LogP contribution is 2.18. The number of hydrogen-bond acceptors (Lipinski definition) is 4. The third-order valence-corrected chi connectivity index (χ3v) is 4.51. The molecule has 1 aromatic heterocycles. The maximum Gasteiger partial charge on any atom is 0.315 e. The molecule has 2 amide bonds. The van der Waals surface area contributed by atoms with Crippen LogP contribution in [0.1, 0.15) is 36.9 Å². The van der Waals surface area contributed by atoms with Gasteiger partial charge in [-0.05, 0) is 20.3 Å². The van der Waals surface area contributed by atoms with Crippen LogP contribution >= 0.6 is 11.3 Å². The van der Waals surface area contributed by atoms with Gasteiger partial charge < -0.3 is 15.4 Å². The molecule has 1 aliphatic rings. The largest absolute Gasteiger partial charge is 0.376 e. The van der Waals surface area contributed by atoms with Crippen LogP contribution in [0.25, 0.3) is 0 Å². The Bertz CT molecular complexity index is 435. The zero-order chi connectivity index (χ0) is 13.8. The van der Waals surface area contributed by atoms with Gasteiger partial charge in [0.1, 0.15) is 0 Å². The van der Waals surface area contributed by atoms with Crippen LogP contribution in [0.4, 0.5) is 4.79 Å². The van der Waals surface area contributed by atoms with E-state index in [1.807, 2.05) is 19.2 Å². The topological polar surface area (TPSA) is 63.2 Å². The summed E-state index contributed by atoms with van der Waals surface area (Å²) >= 11 is 1.64. The van der Waals surface area contributed by atoms with Gasteiger partial charge in [0.25, 0.3) is 0 Å². The summed E-state index contributed by atoms with van der Waals surface area (Å²) in [5.74, 6) is 0.238. The van der Waals surface area contributed by atoms with E-state index < -0.39 is 0 Å². The fourth-order valence-corrected chi connectivity index (χ4v) is 2.93. The fourth-order valence-electron chi connectivity index (χ4n) is 2.07. The number of rotatable bonds is 4. The monoisotopic (exact) mass is 283 g/mol. The smallest absolute Gasteiger partial charge is 0.315 e. The standard InChI is InChI=1S/C13H21N3O2S/c1-8(12-15-9(2)7-19-12)6-14-13(17)16-11-4-5-18-10(11)3/h7-8,10-11H,4-6H2,1-3H3,(H2,14,16,17)/t8-,10-,11-/m1/s1. The summed E-state index contributed by atoms with van der Waals surface area (Å²) in [6.07, 6.45) is 0.986. The Kier molecular flexibility index (Phi) is 4.76. The van der Waals surface area contributed by atoms with E-state index in [0.717, 1.165) is 23.7 Å². The van der Waals surface area contributed by atoms with Crippen molar-refractivity contribution in [2.24, 2.45) is 0 Å². The SMILES string of the molecule is Cc1csc([C@H](C)CNC(=O)N[C@@H]2CCO[C@@H]2C)n1. The van der Waals surface area contributed by atoms with Crippen LogP contribution in [0.2, 0.25) is 0 Å². The number of aromatic nitrogens is 1. The lowest BCUT2D eigenvalue weighted by molar-refractivity contribution is 0.114. The number of ether oxygens (including phenoxy) is 1. The summed E-state index contributed by atoms with van der Waals surface area (Å²) in [4.78, 5) is 16.2. The van der Waals surface area contributed by atoms with E-state index in [9.17, 15) is 4.79 Å². The summed E-state index contributed by atoms with van der Waals surface area (Å²) in [5, 5.41) is 8.94. The Hall–Kier alpha value is -1.14. The van der Waals surface area contributed by atoms with Crippen molar-refractivity contribution in [1.82, 2.24) is 15.6 Å². The van der Waals surface area contributed by atoms with E-state index in [1.165, 1.54) is 0 Å². The number of carbonyl (C=O) groups is 1. The molecule has 1 aliphatic heterocycles. The first kappa shape index (κ1) is 14.3. The van der Waals surface area contributed by atoms with Gasteiger partial charge in [0.05, 0.1) is 17.2 Å². The average Bonchev–Trinajstić information content (AvgIpc) is 2.96. The number of carbonyl (C=O) groups excluding carboxylic acids is 1. The quantitative estimate of drug-likeness (QED) is 0.888. The van der Waals surface area contributed by atoms with Gasteiger partial charge in [-0.15, -0.1) is 11.3 Å². The van der Waals surface area contributed by atoms with E-state index in [2.05, 4.69) is 22.5 Å². The molecular weight excluding hydrogens is 262 g/mol. The normalized spacial score (nSPS) is 24.2. The second kappa shape index (κ2) is 6.34. The Labute approximate surface area is 117 Å². The van der Waals surface area contributed by atoms with Crippen LogP contribution in [-0.2, 0) is 4.74 Å². The molecule has 1 fully saturated rings. The Morgan fingerprint density at radius 1 is 1.68 bits per heavy atom. The van der Waals surface area contributed by atoms with Gasteiger partial charge in [-0.1, -0.05) is 6.92 Å². The number of nitrogens with zero attached hydrogens (tertiary/aromatic N) is 1. The number of hydrogen-bond donors (Lipinski definition) is 2. The summed E-state index contributed by atoms with van der Waals surface area (Å²) in [6.45, 7) is 7.36. The molecule has 2 N–H and O–H groups in total. The first-order chi connectivity index (χ1) is 9.06. The molecule has 106 valence electrons. The van der Waals surface area contributed by atoms with Gasteiger partial charge in [-0.3, -0.25) is 0 Å². The minimum absolute atomic E-state index is 0.102. The summed E-state index contributed by atoms with van der Waals surface area (Å²) in [5.41, 5.74) is 1.04. The fraction of sp³-hybridized carbons (Fsp3) is 0.692. The highest BCUT2D eigenvalue weighted by molar-refractivity contribution is 7.09. The third-order valence-electron chi connectivity index (χ3n) is 3.32. The van der Waals surface area contributed by atoms with Crippen LogP contribution in [0.3, 0.4) is 0 Å². The molecule has 0 spiro atoms. The summed E-state index contributed by atoms with van der Waals surface area (Å²) in [6, 6.07) is -0.000101. The Balaban J connectivity index is 1.74. The van der Waals surface area contributed by atoms with Crippen molar-refractivity contribution in [1.29, 1.82) is 0 Å². The van der Waals surface area contributed by atoms with Crippen LogP contribution in [0.15, 0.2) is 5.38 Å². The number of amides is 2. The van der Waals surface area contributed by atoms with Crippen LogP contribution in [0.5, 0.6) is 0 Å². The molecule has 6 heteroatoms. The molecule has 19 heavy (non-hydrogen) atoms. The Morgan fingerprint density at radius 3 is 3.05 bits per heavy atom. The van der Waals surface area contributed by atoms with Crippen molar-refractivity contribution in [3.63, 3.8) is 0 Å². The Morgan fingerprint density at radius 2 is 2.47 bits per heavy atom. The highest BCUT2D eigenvalue weighted by Gasteiger charge is 2.25. The maximum absolute atomic E-state index is 11.8. The molecule has 0 aliphatic carbocycles. The zero-order valence-electron chi connectivity index (χ0n) is 11.6. The van der Waals surface area contributed by atoms with E-state index in [0.29, 0.717) is 6.54 Å². The molecule has 0 radical (unpaired) electrons. The lowest BCUT2D eigenvalue weighted by Gasteiger charge is -2.17. The molecule has 0 unspecified atom stereocenters. The lowest BCUT2D eigenvalue weighted by atomic mass is 10.1. The van der Waals surface area contributed by atoms with E-state index in [4.69, 9.17) is 4.74 Å². The van der Waals surface area contributed by atoms with Gasteiger partial charge in [0.2, 0.25) is 0 Å². The second-order valence-electron chi connectivity index (χ2n) is 5.05. The van der Waals surface area contributed by atoms with Gasteiger partial charge in [0, 0.05) is 30.1 Å². The van der Waals surface area contributed by atoms with Gasteiger partial charge in [-0.2, -0.15) is 0 Å². The predicted octanol–water partition coefficient (Wildman–Crippen LogP) is 2.03. The predicted molar refractivity (Wildman–Crippen MR) is 75.6 cm³/mol. The third kappa shape index (κ3) is 3.91. The average molecular weight is 283 g/mol. The van der Waals surface area contributed by atoms with Gasteiger partial charge >= 0.3 is 6.03 Å². The molecule has 2 heterocycles. The van der Waals surface area contributed by atoms with Gasteiger partial charge in [0.15, 0.2) is 0 Å². The first-order valence-electron chi connectivity index (χ1n) is 6.64. The van der Waals surface area contributed by atoms with Crippen molar-refractivity contribution < 1.29 is 9.53 Å². The summed E-state index contributed by atoms with van der Waals surface area (Å²) in [7, 11) is 0. The molecule has 0 saturated carbocycles. The van der Waals surface area contributed by atoms with Crippen LogP contribution in [0, 0.1) is 6.92 Å². The minimum Gasteiger partial charge on any atom is -0.376 e. The molecular formula is C13H21N3O2S. The van der Waals surface area contributed by atoms with Crippen LogP contribution in [-0.4, -0.2) is 36.3 Å². The second-order valence-corrected chi connectivity index (χ2v) is 5.94. The minimum atomic E-state index is -0.123. The highest BCUT2D eigenvalue weighted by atomic mass is 32.1. The molecule has 1 saturated heterocycles. The van der Waals surface area contributed by atoms with Crippen molar-refractivity contribution in [2.75, 3.05) is 13.2 Å². The molecule has 5 nitrogen and oxygen atoms in total. The van der Waals surface area contributed by atoms with Crippen LogP contribution < -0.4 is 10.6 Å². The molecule has 0 aromatic carbocycles. The van der Waals surface area contributed by atoms with Crippen molar-refractivity contribution >= 4 is 17.4 Å². The van der Waals surface area contributed by atoms with E-state index in [1.54, 1.807) is 11.3 Å². The van der Waals surface area contributed by atoms with E-state index in [-0.39, 0.29) is 24.1 Å². The number of thiazole rings is 1. The van der Waals surface area contributed by atoms with E-state index >= 15 is 0 Å².